The first-order valence-corrected chi connectivity index (χ1v) is 14.6. The maximum Gasteiger partial charge on any atom is 0.224 e. The standard InChI is InChI=1S/C31H38N2O5S/c1-21(34)23-13-15-27(16-14-23)39(36)32-20-26(37-2)18-25(17-22-9-5-4-6-10-22)31(35)33-30-28-12-8-7-11-24(28)19-29(30)38-3/h4-6,8-10,12-16,25-26,29-30,32H,7,11,17-20H2,1-3H3,(H,33,35). The van der Waals surface area contributed by atoms with Crippen LogP contribution in [-0.2, 0) is 31.7 Å². The van der Waals surface area contributed by atoms with E-state index in [-0.39, 0.29) is 35.9 Å². The van der Waals surface area contributed by atoms with Gasteiger partial charge in [0.2, 0.25) is 5.91 Å². The van der Waals surface area contributed by atoms with Gasteiger partial charge in [0.05, 0.1) is 23.1 Å². The number of Topliss-reactive ketones (excluding diaryl/α,β-unsaturated/α-hetero) is 1. The molecule has 208 valence electrons. The molecule has 2 aromatic carbocycles. The highest BCUT2D eigenvalue weighted by Gasteiger charge is 2.37. The van der Waals surface area contributed by atoms with E-state index in [1.165, 1.54) is 18.1 Å². The molecule has 0 heterocycles. The lowest BCUT2D eigenvalue weighted by Gasteiger charge is -2.27. The summed E-state index contributed by atoms with van der Waals surface area (Å²) in [5, 5.41) is 3.30. The molecule has 0 spiro atoms. The maximum absolute atomic E-state index is 13.8. The molecule has 7 nitrogen and oxygen atoms in total. The van der Waals surface area contributed by atoms with Gasteiger partial charge in [0.1, 0.15) is 11.0 Å². The number of hydrogen-bond donors (Lipinski definition) is 2. The van der Waals surface area contributed by atoms with Gasteiger partial charge in [0, 0.05) is 32.2 Å². The quantitative estimate of drug-likeness (QED) is 0.363. The van der Waals surface area contributed by atoms with Crippen LogP contribution >= 0.6 is 0 Å². The average molecular weight is 551 g/mol. The van der Waals surface area contributed by atoms with Crippen molar-refractivity contribution in [2.75, 3.05) is 20.8 Å². The zero-order valence-electron chi connectivity index (χ0n) is 22.9. The second-order valence-corrected chi connectivity index (χ2v) is 11.4. The molecule has 4 rings (SSSR count). The normalized spacial score (nSPS) is 20.8. The van der Waals surface area contributed by atoms with Crippen molar-refractivity contribution in [3.05, 3.63) is 89.0 Å². The van der Waals surface area contributed by atoms with Crippen molar-refractivity contribution in [1.82, 2.24) is 10.0 Å². The van der Waals surface area contributed by atoms with E-state index < -0.39 is 11.0 Å². The Morgan fingerprint density at radius 3 is 2.49 bits per heavy atom. The Kier molecular flexibility index (Phi) is 10.4. The van der Waals surface area contributed by atoms with Gasteiger partial charge in [-0.3, -0.25) is 9.59 Å². The molecule has 0 radical (unpaired) electrons. The molecule has 39 heavy (non-hydrogen) atoms. The monoisotopic (exact) mass is 550 g/mol. The van der Waals surface area contributed by atoms with Crippen molar-refractivity contribution in [3.8, 4) is 0 Å². The summed E-state index contributed by atoms with van der Waals surface area (Å²) in [5.74, 6) is -0.428. The number of amides is 1. The van der Waals surface area contributed by atoms with Crippen molar-refractivity contribution in [2.24, 2.45) is 5.92 Å². The lowest BCUT2D eigenvalue weighted by molar-refractivity contribution is -0.127. The topological polar surface area (TPSA) is 93.7 Å². The van der Waals surface area contributed by atoms with Gasteiger partial charge in [-0.05, 0) is 62.3 Å². The molecule has 1 amide bonds. The van der Waals surface area contributed by atoms with Crippen LogP contribution in [0.4, 0.5) is 0 Å². The van der Waals surface area contributed by atoms with Gasteiger partial charge in [-0.1, -0.05) is 60.2 Å². The van der Waals surface area contributed by atoms with Crippen LogP contribution in [0.3, 0.4) is 0 Å². The Bertz CT molecular complexity index is 1230. The van der Waals surface area contributed by atoms with Crippen LogP contribution in [0.1, 0.15) is 48.5 Å². The lowest BCUT2D eigenvalue weighted by atomic mass is 9.91. The van der Waals surface area contributed by atoms with E-state index in [2.05, 4.69) is 22.2 Å². The molecule has 0 bridgehead atoms. The van der Waals surface area contributed by atoms with E-state index in [0.29, 0.717) is 29.8 Å². The molecule has 2 N–H and O–H groups in total. The Morgan fingerprint density at radius 1 is 1.08 bits per heavy atom. The second-order valence-electron chi connectivity index (χ2n) is 10.1. The highest BCUT2D eigenvalue weighted by atomic mass is 32.2. The van der Waals surface area contributed by atoms with E-state index in [1.54, 1.807) is 38.5 Å². The van der Waals surface area contributed by atoms with Gasteiger partial charge in [0.25, 0.3) is 0 Å². The number of rotatable bonds is 13. The van der Waals surface area contributed by atoms with Crippen molar-refractivity contribution in [1.29, 1.82) is 0 Å². The zero-order valence-corrected chi connectivity index (χ0v) is 23.7. The molecule has 2 aliphatic carbocycles. The second kappa shape index (κ2) is 13.9. The maximum atomic E-state index is 13.8. The molecule has 0 aliphatic heterocycles. The Hall–Kier alpha value is -2.91. The molecule has 2 aliphatic rings. The molecule has 8 heteroatoms. The van der Waals surface area contributed by atoms with Crippen molar-refractivity contribution < 1.29 is 23.3 Å². The van der Waals surface area contributed by atoms with E-state index in [1.807, 2.05) is 30.3 Å². The minimum Gasteiger partial charge on any atom is -0.380 e. The molecular weight excluding hydrogens is 512 g/mol. The summed E-state index contributed by atoms with van der Waals surface area (Å²) in [6, 6.07) is 16.5. The zero-order chi connectivity index (χ0) is 27.8. The van der Waals surface area contributed by atoms with Crippen LogP contribution in [0.15, 0.2) is 82.8 Å². The van der Waals surface area contributed by atoms with Crippen LogP contribution in [0, 0.1) is 5.92 Å². The van der Waals surface area contributed by atoms with Crippen molar-refractivity contribution in [3.63, 3.8) is 0 Å². The van der Waals surface area contributed by atoms with Crippen LogP contribution in [0.25, 0.3) is 0 Å². The predicted molar refractivity (Wildman–Crippen MR) is 153 cm³/mol. The van der Waals surface area contributed by atoms with E-state index in [4.69, 9.17) is 9.47 Å². The minimum absolute atomic E-state index is 0.0380. The number of methoxy groups -OCH3 is 2. The van der Waals surface area contributed by atoms with Gasteiger partial charge in [-0.25, -0.2) is 8.93 Å². The molecule has 5 unspecified atom stereocenters. The minimum atomic E-state index is -1.48. The molecular formula is C31H38N2O5S. The summed E-state index contributed by atoms with van der Waals surface area (Å²) in [7, 11) is 1.83. The number of carbonyl (C=O) groups is 2. The average Bonchev–Trinajstić information content (AvgIpc) is 3.32. The molecule has 0 saturated heterocycles. The van der Waals surface area contributed by atoms with Crippen LogP contribution in [0.5, 0.6) is 0 Å². The molecule has 0 saturated carbocycles. The van der Waals surface area contributed by atoms with E-state index in [0.717, 1.165) is 24.8 Å². The van der Waals surface area contributed by atoms with Gasteiger partial charge >= 0.3 is 0 Å². The summed E-state index contributed by atoms with van der Waals surface area (Å²) < 4.78 is 27.4. The molecule has 0 fully saturated rings. The Labute approximate surface area is 233 Å². The molecule has 5 atom stereocenters. The van der Waals surface area contributed by atoms with Crippen molar-refractivity contribution in [2.45, 2.75) is 62.2 Å². The Morgan fingerprint density at radius 2 is 1.82 bits per heavy atom. The summed E-state index contributed by atoms with van der Waals surface area (Å²) >= 11 is 0. The summed E-state index contributed by atoms with van der Waals surface area (Å²) in [6.07, 6.45) is 7.79. The third kappa shape index (κ3) is 7.60. The number of hydrogen-bond acceptors (Lipinski definition) is 5. The fourth-order valence-corrected chi connectivity index (χ4v) is 6.21. The fraction of sp³-hybridized carbons (Fsp3) is 0.419. The van der Waals surface area contributed by atoms with Crippen LogP contribution < -0.4 is 10.0 Å². The van der Waals surface area contributed by atoms with Gasteiger partial charge in [-0.2, -0.15) is 0 Å². The van der Waals surface area contributed by atoms with Gasteiger partial charge < -0.3 is 14.8 Å². The first-order chi connectivity index (χ1) is 18.9. The predicted octanol–water partition coefficient (Wildman–Crippen LogP) is 4.32. The summed E-state index contributed by atoms with van der Waals surface area (Å²) in [6.45, 7) is 1.80. The first-order valence-electron chi connectivity index (χ1n) is 13.4. The lowest BCUT2D eigenvalue weighted by Crippen LogP contribution is -2.46. The third-order valence-corrected chi connectivity index (χ3v) is 8.70. The first kappa shape index (κ1) is 29.1. The summed E-state index contributed by atoms with van der Waals surface area (Å²) in [4.78, 5) is 25.9. The number of benzene rings is 2. The third-order valence-electron chi connectivity index (χ3n) is 7.57. The molecule has 2 aromatic rings. The van der Waals surface area contributed by atoms with Gasteiger partial charge in [0.15, 0.2) is 5.78 Å². The number of ketones is 1. The van der Waals surface area contributed by atoms with Crippen molar-refractivity contribution >= 4 is 22.7 Å². The Balaban J connectivity index is 1.44. The fourth-order valence-electron chi connectivity index (χ4n) is 5.32. The van der Waals surface area contributed by atoms with E-state index >= 15 is 0 Å². The summed E-state index contributed by atoms with van der Waals surface area (Å²) in [5.41, 5.74) is 4.19. The number of allylic oxidation sites excluding steroid dienone is 1. The number of nitrogens with one attached hydrogen (secondary N) is 2. The highest BCUT2D eigenvalue weighted by molar-refractivity contribution is 7.83. The number of carbonyl (C=O) groups excluding carboxylic acids is 2. The van der Waals surface area contributed by atoms with E-state index in [9.17, 15) is 13.8 Å². The van der Waals surface area contributed by atoms with Gasteiger partial charge in [-0.15, -0.1) is 0 Å². The SMILES string of the molecule is COC(CNS(=O)c1ccc(C(C)=O)cc1)CC(Cc1ccccc1)C(=O)NC1C2=C(CCC=C2)CC1OC. The van der Waals surface area contributed by atoms with Crippen LogP contribution in [-0.4, -0.2) is 54.9 Å². The largest absolute Gasteiger partial charge is 0.380 e. The molecule has 0 aromatic heterocycles. The van der Waals surface area contributed by atoms with Crippen LogP contribution in [0.2, 0.25) is 0 Å². The number of ether oxygens (including phenoxy) is 2. The highest BCUT2D eigenvalue weighted by Crippen LogP contribution is 2.35. The smallest absolute Gasteiger partial charge is 0.224 e.